The zero-order chi connectivity index (χ0) is 19.8. The summed E-state index contributed by atoms with van der Waals surface area (Å²) in [6.45, 7) is 10.6. The summed E-state index contributed by atoms with van der Waals surface area (Å²) in [7, 11) is 1.68. The second-order valence-corrected chi connectivity index (χ2v) is 7.64. The summed E-state index contributed by atoms with van der Waals surface area (Å²) in [5, 5.41) is 3.40. The highest BCUT2D eigenvalue weighted by Crippen LogP contribution is 2.23. The van der Waals surface area contributed by atoms with Crippen LogP contribution in [0.3, 0.4) is 0 Å². The van der Waals surface area contributed by atoms with Gasteiger partial charge in [0.25, 0.3) is 5.91 Å². The van der Waals surface area contributed by atoms with Gasteiger partial charge in [-0.25, -0.2) is 0 Å². The van der Waals surface area contributed by atoms with E-state index in [0.29, 0.717) is 37.2 Å². The molecule has 1 amide bonds. The van der Waals surface area contributed by atoms with E-state index < -0.39 is 0 Å². The Bertz CT molecular complexity index is 606. The van der Waals surface area contributed by atoms with Gasteiger partial charge in [0, 0.05) is 44.8 Å². The van der Waals surface area contributed by atoms with E-state index in [9.17, 15) is 4.79 Å². The van der Waals surface area contributed by atoms with Crippen LogP contribution in [0, 0.1) is 18.8 Å². The van der Waals surface area contributed by atoms with E-state index in [1.807, 2.05) is 30.0 Å². The number of carbonyl (C=O) groups excluding carboxylic acids is 1. The standard InChI is InChI=1S/C21H35N3O3/c1-15(2)24(14-19-13-23-12-18(19)11-22)21(25)17-7-6-16(3)20(10-17)27-9-5-8-26-4/h6-7,10,15,18-19,23H,5,8-9,11-14,22H2,1-4H3/t18-,19-/m0/s1. The molecule has 152 valence electrons. The first kappa shape index (κ1) is 21.7. The molecule has 0 spiro atoms. The van der Waals surface area contributed by atoms with E-state index in [1.165, 1.54) is 0 Å². The number of ether oxygens (including phenoxy) is 2. The van der Waals surface area contributed by atoms with Crippen molar-refractivity contribution in [2.24, 2.45) is 17.6 Å². The van der Waals surface area contributed by atoms with Gasteiger partial charge < -0.3 is 25.4 Å². The Labute approximate surface area is 163 Å². The molecule has 0 bridgehead atoms. The van der Waals surface area contributed by atoms with Crippen molar-refractivity contribution >= 4 is 5.91 Å². The Morgan fingerprint density at radius 2 is 2.04 bits per heavy atom. The van der Waals surface area contributed by atoms with Crippen molar-refractivity contribution in [2.45, 2.75) is 33.2 Å². The second-order valence-electron chi connectivity index (χ2n) is 7.64. The van der Waals surface area contributed by atoms with Crippen LogP contribution in [0.4, 0.5) is 0 Å². The predicted octanol–water partition coefficient (Wildman–Crippen LogP) is 2.06. The number of rotatable bonds is 10. The van der Waals surface area contributed by atoms with Crippen LogP contribution >= 0.6 is 0 Å². The maximum absolute atomic E-state index is 13.2. The van der Waals surface area contributed by atoms with E-state index in [4.69, 9.17) is 15.2 Å². The van der Waals surface area contributed by atoms with Gasteiger partial charge in [0.2, 0.25) is 0 Å². The van der Waals surface area contributed by atoms with Gasteiger partial charge in [0.1, 0.15) is 5.75 Å². The lowest BCUT2D eigenvalue weighted by Gasteiger charge is -2.31. The molecule has 3 N–H and O–H groups in total. The van der Waals surface area contributed by atoms with Crippen molar-refractivity contribution in [3.63, 3.8) is 0 Å². The summed E-state index contributed by atoms with van der Waals surface area (Å²) in [5.74, 6) is 1.64. The summed E-state index contributed by atoms with van der Waals surface area (Å²) in [5.41, 5.74) is 7.60. The Morgan fingerprint density at radius 1 is 1.30 bits per heavy atom. The molecule has 0 saturated carbocycles. The molecule has 1 aliphatic rings. The molecule has 0 unspecified atom stereocenters. The molecule has 1 aromatic carbocycles. The van der Waals surface area contributed by atoms with Crippen LogP contribution in [0.1, 0.15) is 36.2 Å². The van der Waals surface area contributed by atoms with Crippen LogP contribution in [0.2, 0.25) is 0 Å². The maximum atomic E-state index is 13.2. The molecule has 1 saturated heterocycles. The molecule has 27 heavy (non-hydrogen) atoms. The normalized spacial score (nSPS) is 19.5. The molecule has 0 aromatic heterocycles. The van der Waals surface area contributed by atoms with Gasteiger partial charge in [-0.2, -0.15) is 0 Å². The molecule has 0 aliphatic carbocycles. The highest BCUT2D eigenvalue weighted by Gasteiger charge is 2.30. The summed E-state index contributed by atoms with van der Waals surface area (Å²) < 4.78 is 10.9. The van der Waals surface area contributed by atoms with E-state index in [1.54, 1.807) is 7.11 Å². The molecular formula is C21H35N3O3. The number of hydrogen-bond acceptors (Lipinski definition) is 5. The highest BCUT2D eigenvalue weighted by atomic mass is 16.5. The van der Waals surface area contributed by atoms with Crippen LogP contribution in [0.25, 0.3) is 0 Å². The second kappa shape index (κ2) is 10.6. The van der Waals surface area contributed by atoms with Crippen molar-refractivity contribution < 1.29 is 14.3 Å². The van der Waals surface area contributed by atoms with Gasteiger partial charge in [-0.1, -0.05) is 6.07 Å². The number of hydrogen-bond donors (Lipinski definition) is 2. The molecule has 2 rings (SSSR count). The summed E-state index contributed by atoms with van der Waals surface area (Å²) >= 11 is 0. The van der Waals surface area contributed by atoms with E-state index >= 15 is 0 Å². The van der Waals surface area contributed by atoms with Crippen LogP contribution in [-0.4, -0.2) is 63.4 Å². The van der Waals surface area contributed by atoms with Gasteiger partial charge >= 0.3 is 0 Å². The highest BCUT2D eigenvalue weighted by molar-refractivity contribution is 5.95. The molecule has 1 aromatic rings. The average Bonchev–Trinajstić information content (AvgIpc) is 3.11. The maximum Gasteiger partial charge on any atom is 0.254 e. The average molecular weight is 378 g/mol. The van der Waals surface area contributed by atoms with Gasteiger partial charge in [-0.05, 0) is 63.4 Å². The van der Waals surface area contributed by atoms with Crippen molar-refractivity contribution in [3.05, 3.63) is 29.3 Å². The third-order valence-corrected chi connectivity index (χ3v) is 5.28. The van der Waals surface area contributed by atoms with Crippen molar-refractivity contribution in [1.82, 2.24) is 10.2 Å². The van der Waals surface area contributed by atoms with Crippen LogP contribution in [0.15, 0.2) is 18.2 Å². The fraction of sp³-hybridized carbons (Fsp3) is 0.667. The first-order chi connectivity index (χ1) is 13.0. The van der Waals surface area contributed by atoms with Gasteiger partial charge in [0.05, 0.1) is 6.61 Å². The lowest BCUT2D eigenvalue weighted by Crippen LogP contribution is -2.42. The Morgan fingerprint density at radius 3 is 2.70 bits per heavy atom. The van der Waals surface area contributed by atoms with Gasteiger partial charge in [-0.3, -0.25) is 4.79 Å². The fourth-order valence-electron chi connectivity index (χ4n) is 3.50. The van der Waals surface area contributed by atoms with Crippen molar-refractivity contribution in [1.29, 1.82) is 0 Å². The molecule has 1 aliphatic heterocycles. The topological polar surface area (TPSA) is 76.8 Å². The van der Waals surface area contributed by atoms with Gasteiger partial charge in [0.15, 0.2) is 0 Å². The number of amides is 1. The Balaban J connectivity index is 2.10. The van der Waals surface area contributed by atoms with E-state index in [0.717, 1.165) is 37.4 Å². The Kier molecular flexibility index (Phi) is 8.54. The monoisotopic (exact) mass is 377 g/mol. The number of methoxy groups -OCH3 is 1. The number of aryl methyl sites for hydroxylation is 1. The first-order valence-electron chi connectivity index (χ1n) is 9.92. The first-order valence-corrected chi connectivity index (χ1v) is 9.92. The number of nitrogens with zero attached hydrogens (tertiary/aromatic N) is 1. The predicted molar refractivity (Wildman–Crippen MR) is 108 cm³/mol. The minimum Gasteiger partial charge on any atom is -0.493 e. The lowest BCUT2D eigenvalue weighted by atomic mass is 9.95. The quantitative estimate of drug-likeness (QED) is 0.611. The minimum absolute atomic E-state index is 0.0504. The zero-order valence-corrected chi connectivity index (χ0v) is 17.2. The number of carbonyl (C=O) groups is 1. The number of nitrogens with two attached hydrogens (primary N) is 1. The van der Waals surface area contributed by atoms with Crippen LogP contribution < -0.4 is 15.8 Å². The zero-order valence-electron chi connectivity index (χ0n) is 17.2. The Hall–Kier alpha value is -1.63. The summed E-state index contributed by atoms with van der Waals surface area (Å²) in [6, 6.07) is 5.84. The third-order valence-electron chi connectivity index (χ3n) is 5.28. The van der Waals surface area contributed by atoms with Crippen molar-refractivity contribution in [2.75, 3.05) is 46.5 Å². The summed E-state index contributed by atoms with van der Waals surface area (Å²) in [6.07, 6.45) is 0.821. The minimum atomic E-state index is 0.0504. The smallest absolute Gasteiger partial charge is 0.254 e. The summed E-state index contributed by atoms with van der Waals surface area (Å²) in [4.78, 5) is 15.2. The molecule has 0 radical (unpaired) electrons. The van der Waals surface area contributed by atoms with Crippen LogP contribution in [-0.2, 0) is 4.74 Å². The number of benzene rings is 1. The molecule has 2 atom stereocenters. The van der Waals surface area contributed by atoms with E-state index in [2.05, 4.69) is 19.2 Å². The molecule has 1 fully saturated rings. The fourth-order valence-corrected chi connectivity index (χ4v) is 3.50. The number of nitrogens with one attached hydrogen (secondary N) is 1. The van der Waals surface area contributed by atoms with Gasteiger partial charge in [-0.15, -0.1) is 0 Å². The lowest BCUT2D eigenvalue weighted by molar-refractivity contribution is 0.0662. The molecule has 1 heterocycles. The molecule has 6 heteroatoms. The van der Waals surface area contributed by atoms with E-state index in [-0.39, 0.29) is 11.9 Å². The largest absolute Gasteiger partial charge is 0.493 e. The van der Waals surface area contributed by atoms with Crippen LogP contribution in [0.5, 0.6) is 5.75 Å². The SMILES string of the molecule is COCCCOc1cc(C(=O)N(C[C@@H]2CNC[C@@H]2CN)C(C)C)ccc1C. The third kappa shape index (κ3) is 5.92. The molecular weight excluding hydrogens is 342 g/mol. The molecule has 6 nitrogen and oxygen atoms in total. The van der Waals surface area contributed by atoms with Crippen molar-refractivity contribution in [3.8, 4) is 5.75 Å².